The van der Waals surface area contributed by atoms with Crippen molar-refractivity contribution in [1.82, 2.24) is 4.31 Å². The number of ether oxygens (including phenoxy) is 2. The Hall–Kier alpha value is -2.10. The first-order chi connectivity index (χ1) is 12.5. The van der Waals surface area contributed by atoms with E-state index in [0.29, 0.717) is 41.0 Å². The maximum absolute atomic E-state index is 12.3. The van der Waals surface area contributed by atoms with Crippen LogP contribution in [0.3, 0.4) is 0 Å². The molecule has 1 aliphatic rings. The monoisotopic (exact) mass is 396 g/mol. The number of nitrogens with one attached hydrogen (secondary N) is 1. The number of carbonyl (C=O) groups is 1. The van der Waals surface area contributed by atoms with Gasteiger partial charge in [-0.2, -0.15) is 0 Å². The first-order valence-electron chi connectivity index (χ1n) is 8.16. The zero-order valence-corrected chi connectivity index (χ0v) is 15.9. The summed E-state index contributed by atoms with van der Waals surface area (Å²) in [4.78, 5) is 12.1. The number of rotatable bonds is 7. The van der Waals surface area contributed by atoms with Gasteiger partial charge in [-0.05, 0) is 30.0 Å². The van der Waals surface area contributed by atoms with E-state index in [1.807, 2.05) is 0 Å². The zero-order chi connectivity index (χ0) is 18.6. The van der Waals surface area contributed by atoms with Crippen LogP contribution in [0, 0.1) is 0 Å². The molecule has 2 aromatic rings. The molecule has 0 bridgehead atoms. The predicted octanol–water partition coefficient (Wildman–Crippen LogP) is 2.56. The van der Waals surface area contributed by atoms with Gasteiger partial charge in [-0.1, -0.05) is 6.07 Å². The molecule has 0 saturated heterocycles. The largest absolute Gasteiger partial charge is 0.486 e. The van der Waals surface area contributed by atoms with Crippen molar-refractivity contribution < 1.29 is 22.7 Å². The van der Waals surface area contributed by atoms with Crippen LogP contribution in [0.25, 0.3) is 0 Å². The fraction of sp³-hybridized carbons (Fsp3) is 0.353. The first-order valence-corrected chi connectivity index (χ1v) is 10.5. The van der Waals surface area contributed by atoms with E-state index < -0.39 is 10.0 Å². The standard InChI is InChI=1S/C17H20N2O5S2/c1-19(26(21,22)17-5-3-11-25-17)8-2-4-16(20)18-13-6-7-14-15(12-13)24-10-9-23-14/h3,5-7,11-12H,2,4,8-10H2,1H3,(H,18,20). The van der Waals surface area contributed by atoms with E-state index in [9.17, 15) is 13.2 Å². The van der Waals surface area contributed by atoms with Gasteiger partial charge in [0.25, 0.3) is 10.0 Å². The van der Waals surface area contributed by atoms with E-state index in [-0.39, 0.29) is 18.9 Å². The number of hydrogen-bond donors (Lipinski definition) is 1. The van der Waals surface area contributed by atoms with E-state index in [4.69, 9.17) is 9.47 Å². The van der Waals surface area contributed by atoms with Gasteiger partial charge in [0.2, 0.25) is 5.91 Å². The maximum Gasteiger partial charge on any atom is 0.252 e. The van der Waals surface area contributed by atoms with Gasteiger partial charge in [0.15, 0.2) is 11.5 Å². The molecule has 9 heteroatoms. The second-order valence-electron chi connectivity index (χ2n) is 5.77. The van der Waals surface area contributed by atoms with Gasteiger partial charge >= 0.3 is 0 Å². The molecule has 26 heavy (non-hydrogen) atoms. The van der Waals surface area contributed by atoms with Crippen molar-refractivity contribution in [3.63, 3.8) is 0 Å². The number of amides is 1. The Morgan fingerprint density at radius 2 is 2.00 bits per heavy atom. The summed E-state index contributed by atoms with van der Waals surface area (Å²) in [5.74, 6) is 1.09. The third-order valence-electron chi connectivity index (χ3n) is 3.86. The molecule has 1 aromatic carbocycles. The average Bonchev–Trinajstić information content (AvgIpc) is 3.17. The number of anilines is 1. The topological polar surface area (TPSA) is 84.9 Å². The molecule has 3 rings (SSSR count). The van der Waals surface area contributed by atoms with Crippen molar-refractivity contribution >= 4 is 33.0 Å². The van der Waals surface area contributed by atoms with Gasteiger partial charge in [0.05, 0.1) is 0 Å². The van der Waals surface area contributed by atoms with Crippen LogP contribution in [0.4, 0.5) is 5.69 Å². The van der Waals surface area contributed by atoms with Crippen LogP contribution >= 0.6 is 11.3 Å². The highest BCUT2D eigenvalue weighted by atomic mass is 32.2. The van der Waals surface area contributed by atoms with E-state index >= 15 is 0 Å². The summed E-state index contributed by atoms with van der Waals surface area (Å²) in [6.07, 6.45) is 0.649. The van der Waals surface area contributed by atoms with Crippen molar-refractivity contribution in [3.8, 4) is 11.5 Å². The van der Waals surface area contributed by atoms with Crippen molar-refractivity contribution in [1.29, 1.82) is 0 Å². The summed E-state index contributed by atoms with van der Waals surface area (Å²) in [5, 5.41) is 4.52. The minimum atomic E-state index is -3.47. The quantitative estimate of drug-likeness (QED) is 0.777. The van der Waals surface area contributed by atoms with Gasteiger partial charge in [-0.25, -0.2) is 12.7 Å². The van der Waals surface area contributed by atoms with Gasteiger partial charge in [0.1, 0.15) is 17.4 Å². The highest BCUT2D eigenvalue weighted by molar-refractivity contribution is 7.91. The van der Waals surface area contributed by atoms with Gasteiger partial charge in [-0.3, -0.25) is 4.79 Å². The van der Waals surface area contributed by atoms with Crippen LogP contribution in [-0.2, 0) is 14.8 Å². The molecule has 7 nitrogen and oxygen atoms in total. The molecule has 1 N–H and O–H groups in total. The molecule has 0 saturated carbocycles. The highest BCUT2D eigenvalue weighted by Gasteiger charge is 2.21. The van der Waals surface area contributed by atoms with Crippen molar-refractivity contribution in [2.24, 2.45) is 0 Å². The molecule has 0 aliphatic carbocycles. The number of thiophene rings is 1. The Labute approximate surface area is 156 Å². The number of sulfonamides is 1. The summed E-state index contributed by atoms with van der Waals surface area (Å²) in [6.45, 7) is 1.27. The lowest BCUT2D eigenvalue weighted by Crippen LogP contribution is -2.28. The molecule has 0 atom stereocenters. The SMILES string of the molecule is CN(CCCC(=O)Nc1ccc2c(c1)OCCO2)S(=O)(=O)c1cccs1. The Balaban J connectivity index is 1.48. The van der Waals surface area contributed by atoms with E-state index in [1.165, 1.54) is 22.7 Å². The van der Waals surface area contributed by atoms with Gasteiger partial charge in [-0.15, -0.1) is 11.3 Å². The predicted molar refractivity (Wildman–Crippen MR) is 99.4 cm³/mol. The second kappa shape index (κ2) is 8.07. The molecule has 0 spiro atoms. The summed E-state index contributed by atoms with van der Waals surface area (Å²) < 4.78 is 37.1. The van der Waals surface area contributed by atoms with Crippen molar-refractivity contribution in [2.75, 3.05) is 32.1 Å². The number of nitrogens with zero attached hydrogens (tertiary/aromatic N) is 1. The molecule has 0 radical (unpaired) electrons. The van der Waals surface area contributed by atoms with E-state index in [0.717, 1.165) is 0 Å². The Kier molecular flexibility index (Phi) is 5.80. The van der Waals surface area contributed by atoms with Crippen molar-refractivity contribution in [3.05, 3.63) is 35.7 Å². The lowest BCUT2D eigenvalue weighted by atomic mass is 10.2. The third kappa shape index (κ3) is 4.35. The molecule has 0 unspecified atom stereocenters. The van der Waals surface area contributed by atoms with Crippen LogP contribution in [0.15, 0.2) is 39.9 Å². The van der Waals surface area contributed by atoms with Crippen LogP contribution < -0.4 is 14.8 Å². The van der Waals surface area contributed by atoms with Crippen LogP contribution in [0.2, 0.25) is 0 Å². The zero-order valence-electron chi connectivity index (χ0n) is 14.3. The summed E-state index contributed by atoms with van der Waals surface area (Å²) in [6, 6.07) is 8.50. The smallest absolute Gasteiger partial charge is 0.252 e. The summed E-state index contributed by atoms with van der Waals surface area (Å²) >= 11 is 1.18. The summed E-state index contributed by atoms with van der Waals surface area (Å²) in [7, 11) is -1.95. The molecule has 0 fully saturated rings. The molecule has 1 amide bonds. The Bertz CT molecular complexity index is 865. The minimum Gasteiger partial charge on any atom is -0.486 e. The number of benzene rings is 1. The Morgan fingerprint density at radius 3 is 2.73 bits per heavy atom. The van der Waals surface area contributed by atoms with Crippen LogP contribution in [-0.4, -0.2) is 45.4 Å². The van der Waals surface area contributed by atoms with Gasteiger partial charge in [0, 0.05) is 31.8 Å². The first kappa shape index (κ1) is 18.7. The van der Waals surface area contributed by atoms with Crippen LogP contribution in [0.5, 0.6) is 11.5 Å². The number of fused-ring (bicyclic) bond motifs is 1. The Morgan fingerprint density at radius 1 is 1.23 bits per heavy atom. The number of hydrogen-bond acceptors (Lipinski definition) is 6. The van der Waals surface area contributed by atoms with E-state index in [2.05, 4.69) is 5.32 Å². The highest BCUT2D eigenvalue weighted by Crippen LogP contribution is 2.32. The average molecular weight is 396 g/mol. The fourth-order valence-corrected chi connectivity index (χ4v) is 4.90. The lowest BCUT2D eigenvalue weighted by Gasteiger charge is -2.19. The molecule has 1 aliphatic heterocycles. The third-order valence-corrected chi connectivity index (χ3v) is 7.09. The second-order valence-corrected chi connectivity index (χ2v) is 8.99. The number of carbonyl (C=O) groups excluding carboxylic acids is 1. The minimum absolute atomic E-state index is 0.177. The van der Waals surface area contributed by atoms with Crippen molar-refractivity contribution in [2.45, 2.75) is 17.1 Å². The molecular weight excluding hydrogens is 376 g/mol. The fourth-order valence-electron chi connectivity index (χ4n) is 2.49. The van der Waals surface area contributed by atoms with Gasteiger partial charge < -0.3 is 14.8 Å². The van der Waals surface area contributed by atoms with Crippen LogP contribution in [0.1, 0.15) is 12.8 Å². The summed E-state index contributed by atoms with van der Waals surface area (Å²) in [5.41, 5.74) is 0.624. The molecule has 1 aromatic heterocycles. The molecular formula is C17H20N2O5S2. The molecule has 140 valence electrons. The van der Waals surface area contributed by atoms with E-state index in [1.54, 1.807) is 35.7 Å². The maximum atomic E-state index is 12.3. The lowest BCUT2D eigenvalue weighted by molar-refractivity contribution is -0.116. The molecule has 2 heterocycles. The normalized spacial score (nSPS) is 13.6.